The molecule has 0 radical (unpaired) electrons. The third-order valence-electron chi connectivity index (χ3n) is 5.28. The zero-order chi connectivity index (χ0) is 20.5. The van der Waals surface area contributed by atoms with Gasteiger partial charge in [0, 0.05) is 28.2 Å². The molecular weight excluding hydrogens is 460 g/mol. The maximum absolute atomic E-state index is 5.79. The number of halogens is 1. The average molecular weight is 479 g/mol. The number of aromatic nitrogens is 2. The fourth-order valence-electron chi connectivity index (χ4n) is 3.95. The van der Waals surface area contributed by atoms with Crippen LogP contribution in [-0.4, -0.2) is 14.7 Å². The molecule has 1 N–H and O–H groups in total. The maximum atomic E-state index is 5.79. The fraction of sp³-hybridized carbons (Fsp3) is 0.130. The van der Waals surface area contributed by atoms with Crippen LogP contribution in [0.1, 0.15) is 29.2 Å². The van der Waals surface area contributed by atoms with Crippen LogP contribution in [0.25, 0.3) is 0 Å². The van der Waals surface area contributed by atoms with Crippen LogP contribution in [0.5, 0.6) is 0 Å². The first-order chi connectivity index (χ1) is 14.7. The van der Waals surface area contributed by atoms with Gasteiger partial charge >= 0.3 is 0 Å². The normalized spacial score (nSPS) is 18.6. The maximum Gasteiger partial charge on any atom is 0.174 e. The molecule has 0 aliphatic carbocycles. The van der Waals surface area contributed by atoms with Crippen molar-refractivity contribution in [2.75, 3.05) is 4.90 Å². The topological polar surface area (TPSA) is 46.2 Å². The molecule has 3 aromatic heterocycles. The molecule has 4 heterocycles. The lowest BCUT2D eigenvalue weighted by molar-refractivity contribution is 0.475. The van der Waals surface area contributed by atoms with E-state index in [1.165, 1.54) is 0 Å². The van der Waals surface area contributed by atoms with E-state index in [4.69, 9.17) is 16.6 Å². The molecule has 5 rings (SSSR count). The number of anilines is 1. The summed E-state index contributed by atoms with van der Waals surface area (Å²) in [6.45, 7) is 0.654. The molecule has 0 saturated carbocycles. The fourth-order valence-corrected chi connectivity index (χ4v) is 4.56. The second-order valence-corrected chi connectivity index (χ2v) is 8.42. The first kappa shape index (κ1) is 19.1. The first-order valence-electron chi connectivity index (χ1n) is 9.64. The van der Waals surface area contributed by atoms with E-state index in [1.807, 2.05) is 48.7 Å². The summed E-state index contributed by atoms with van der Waals surface area (Å²) >= 11 is 9.32. The van der Waals surface area contributed by atoms with Crippen molar-refractivity contribution in [2.45, 2.75) is 18.6 Å². The lowest BCUT2D eigenvalue weighted by Gasteiger charge is -2.29. The van der Waals surface area contributed by atoms with Gasteiger partial charge in [-0.15, -0.1) is 0 Å². The van der Waals surface area contributed by atoms with Crippen molar-refractivity contribution >= 4 is 38.9 Å². The average Bonchev–Trinajstić information content (AvgIpc) is 3.50. The zero-order valence-corrected chi connectivity index (χ0v) is 18.4. The number of nitrogens with one attached hydrogen (secondary N) is 1. The van der Waals surface area contributed by atoms with Crippen LogP contribution < -0.4 is 10.2 Å². The number of thiocarbonyl (C=S) groups is 1. The molecule has 150 valence electrons. The Morgan fingerprint density at radius 3 is 2.63 bits per heavy atom. The third kappa shape index (κ3) is 3.55. The predicted octanol–water partition coefficient (Wildman–Crippen LogP) is 5.46. The van der Waals surface area contributed by atoms with Gasteiger partial charge in [-0.1, -0.05) is 22.0 Å². The number of hydrogen-bond acceptors (Lipinski definition) is 3. The molecule has 5 nitrogen and oxygen atoms in total. The minimum Gasteiger partial charge on any atom is -0.467 e. The summed E-state index contributed by atoms with van der Waals surface area (Å²) in [5.74, 6) is 0.908. The molecule has 1 saturated heterocycles. The summed E-state index contributed by atoms with van der Waals surface area (Å²) in [5, 5.41) is 4.19. The van der Waals surface area contributed by atoms with Gasteiger partial charge in [0.05, 0.1) is 24.5 Å². The molecule has 1 aliphatic heterocycles. The largest absolute Gasteiger partial charge is 0.467 e. The van der Waals surface area contributed by atoms with Gasteiger partial charge in [-0.3, -0.25) is 4.98 Å². The van der Waals surface area contributed by atoms with E-state index in [2.05, 4.69) is 66.2 Å². The van der Waals surface area contributed by atoms with Gasteiger partial charge in [-0.05, 0) is 72.9 Å². The molecular formula is C23H19BrN4OS. The zero-order valence-electron chi connectivity index (χ0n) is 16.0. The smallest absolute Gasteiger partial charge is 0.174 e. The van der Waals surface area contributed by atoms with Gasteiger partial charge in [0.1, 0.15) is 11.8 Å². The van der Waals surface area contributed by atoms with Gasteiger partial charge < -0.3 is 19.2 Å². The van der Waals surface area contributed by atoms with Gasteiger partial charge in [0.15, 0.2) is 5.11 Å². The summed E-state index contributed by atoms with van der Waals surface area (Å²) in [6, 6.07) is 22.2. The Labute approximate surface area is 188 Å². The van der Waals surface area contributed by atoms with E-state index in [0.29, 0.717) is 11.7 Å². The highest BCUT2D eigenvalue weighted by molar-refractivity contribution is 9.10. The van der Waals surface area contributed by atoms with Crippen molar-refractivity contribution in [3.05, 3.63) is 107 Å². The Morgan fingerprint density at radius 1 is 1.03 bits per heavy atom. The molecule has 7 heteroatoms. The van der Waals surface area contributed by atoms with Gasteiger partial charge in [0.2, 0.25) is 0 Å². The predicted molar refractivity (Wildman–Crippen MR) is 124 cm³/mol. The number of benzene rings is 1. The summed E-state index contributed by atoms with van der Waals surface area (Å²) < 4.78 is 8.83. The van der Waals surface area contributed by atoms with Crippen molar-refractivity contribution in [1.29, 1.82) is 0 Å². The van der Waals surface area contributed by atoms with E-state index in [0.717, 1.165) is 27.3 Å². The summed E-state index contributed by atoms with van der Waals surface area (Å²) in [5.41, 5.74) is 3.12. The Morgan fingerprint density at radius 2 is 1.90 bits per heavy atom. The second kappa shape index (κ2) is 8.08. The lowest BCUT2D eigenvalue weighted by Crippen LogP contribution is -2.30. The van der Waals surface area contributed by atoms with E-state index in [1.54, 1.807) is 6.26 Å². The minimum absolute atomic E-state index is 0.0569. The highest BCUT2D eigenvalue weighted by Crippen LogP contribution is 2.41. The number of furan rings is 1. The molecule has 0 spiro atoms. The molecule has 1 aromatic carbocycles. The van der Waals surface area contributed by atoms with Crippen molar-refractivity contribution < 1.29 is 4.42 Å². The van der Waals surface area contributed by atoms with E-state index >= 15 is 0 Å². The molecule has 0 bridgehead atoms. The van der Waals surface area contributed by atoms with Crippen LogP contribution in [0, 0.1) is 0 Å². The molecule has 0 amide bonds. The summed E-state index contributed by atoms with van der Waals surface area (Å²) in [4.78, 5) is 6.79. The standard InChI is InChI=1S/C23H19BrN4OS/c24-16-8-10-17(11-9-16)28-22(21(26-23(28)30)19-6-1-2-12-25-19)20-7-3-13-27(20)15-18-5-4-14-29-18/h1-14,21-22H,15H2,(H,26,30)/t21-,22-/m0/s1. The van der Waals surface area contributed by atoms with Crippen molar-refractivity contribution in [1.82, 2.24) is 14.9 Å². The lowest BCUT2D eigenvalue weighted by atomic mass is 10.0. The number of hydrogen-bond donors (Lipinski definition) is 1. The number of rotatable bonds is 5. The number of nitrogens with zero attached hydrogens (tertiary/aromatic N) is 3. The third-order valence-corrected chi connectivity index (χ3v) is 6.12. The molecule has 4 aromatic rings. The highest BCUT2D eigenvalue weighted by Gasteiger charge is 2.42. The van der Waals surface area contributed by atoms with Crippen molar-refractivity contribution in [2.24, 2.45) is 0 Å². The van der Waals surface area contributed by atoms with Gasteiger partial charge in [0.25, 0.3) is 0 Å². The van der Waals surface area contributed by atoms with Crippen LogP contribution in [0.15, 0.2) is 94.3 Å². The van der Waals surface area contributed by atoms with Gasteiger partial charge in [-0.2, -0.15) is 0 Å². The van der Waals surface area contributed by atoms with E-state index < -0.39 is 0 Å². The number of pyridine rings is 1. The minimum atomic E-state index is -0.0763. The molecule has 1 fully saturated rings. The van der Waals surface area contributed by atoms with Gasteiger partial charge in [-0.25, -0.2) is 0 Å². The Kier molecular flexibility index (Phi) is 5.14. The quantitative estimate of drug-likeness (QED) is 0.385. The highest BCUT2D eigenvalue weighted by atomic mass is 79.9. The van der Waals surface area contributed by atoms with E-state index in [9.17, 15) is 0 Å². The Bertz CT molecular complexity index is 1140. The van der Waals surface area contributed by atoms with Crippen LogP contribution in [-0.2, 0) is 6.54 Å². The van der Waals surface area contributed by atoms with E-state index in [-0.39, 0.29) is 12.1 Å². The van der Waals surface area contributed by atoms with Crippen molar-refractivity contribution in [3.8, 4) is 0 Å². The summed E-state index contributed by atoms with van der Waals surface area (Å²) in [7, 11) is 0. The molecule has 0 unspecified atom stereocenters. The Balaban J connectivity index is 1.60. The van der Waals surface area contributed by atoms with Crippen LogP contribution in [0.3, 0.4) is 0 Å². The molecule has 1 aliphatic rings. The Hall–Kier alpha value is -2.90. The molecule has 2 atom stereocenters. The summed E-state index contributed by atoms with van der Waals surface area (Å²) in [6.07, 6.45) is 5.60. The van der Waals surface area contributed by atoms with Crippen LogP contribution in [0.4, 0.5) is 5.69 Å². The first-order valence-corrected chi connectivity index (χ1v) is 10.8. The van der Waals surface area contributed by atoms with Crippen LogP contribution in [0.2, 0.25) is 0 Å². The van der Waals surface area contributed by atoms with Crippen LogP contribution >= 0.6 is 28.1 Å². The second-order valence-electron chi connectivity index (χ2n) is 7.11. The SMILES string of the molecule is S=C1N[C@@H](c2ccccn2)[C@H](c2cccn2Cc2ccco2)N1c1ccc(Br)cc1. The monoisotopic (exact) mass is 478 g/mol. The molecule has 30 heavy (non-hydrogen) atoms. The van der Waals surface area contributed by atoms with Crippen molar-refractivity contribution in [3.63, 3.8) is 0 Å².